The number of aromatic carboxylic acids is 1. The van der Waals surface area contributed by atoms with E-state index in [4.69, 9.17) is 16.3 Å². The molecule has 0 aliphatic carbocycles. The molecule has 168 valence electrons. The molecule has 33 heavy (non-hydrogen) atoms. The summed E-state index contributed by atoms with van der Waals surface area (Å²) in [6.07, 6.45) is 3.76. The number of carbonyl (C=O) groups is 1. The largest absolute Gasteiger partial charge is 0.478 e. The Hall–Kier alpha value is -3.58. The molecule has 1 aliphatic rings. The first-order valence-electron chi connectivity index (χ1n) is 10.9. The van der Waals surface area contributed by atoms with Crippen molar-refractivity contribution in [2.24, 2.45) is 0 Å². The number of benzene rings is 2. The summed E-state index contributed by atoms with van der Waals surface area (Å²) in [5.41, 5.74) is 4.71. The normalized spacial score (nSPS) is 13.9. The van der Waals surface area contributed by atoms with Gasteiger partial charge in [0.15, 0.2) is 5.65 Å². The van der Waals surface area contributed by atoms with Gasteiger partial charge in [-0.2, -0.15) is 4.98 Å². The Balaban J connectivity index is 1.41. The molecule has 4 aromatic rings. The SMILES string of the molecule is Cc1ccc(Oc2nc3nc(-c4ccc(N5CCCCC5)cc4)c(Cl)cc3[nH]2)cc1C(=O)O. The number of aryl methyl sites for hydroxylation is 1. The molecule has 7 nitrogen and oxygen atoms in total. The Labute approximate surface area is 196 Å². The molecule has 3 heterocycles. The van der Waals surface area contributed by atoms with Gasteiger partial charge in [0.25, 0.3) is 0 Å². The van der Waals surface area contributed by atoms with Crippen molar-refractivity contribution in [2.45, 2.75) is 26.2 Å². The van der Waals surface area contributed by atoms with E-state index in [0.29, 0.717) is 33.2 Å². The van der Waals surface area contributed by atoms with E-state index in [0.717, 1.165) is 18.7 Å². The molecule has 0 saturated carbocycles. The summed E-state index contributed by atoms with van der Waals surface area (Å²) in [4.78, 5) is 25.9. The molecule has 0 unspecified atom stereocenters. The highest BCUT2D eigenvalue weighted by molar-refractivity contribution is 6.33. The van der Waals surface area contributed by atoms with Gasteiger partial charge in [-0.3, -0.25) is 0 Å². The average Bonchev–Trinajstić information content (AvgIpc) is 3.21. The van der Waals surface area contributed by atoms with Crippen LogP contribution >= 0.6 is 11.6 Å². The zero-order valence-corrected chi connectivity index (χ0v) is 18.9. The molecule has 2 aromatic heterocycles. The monoisotopic (exact) mass is 462 g/mol. The fourth-order valence-electron chi connectivity index (χ4n) is 4.14. The zero-order valence-electron chi connectivity index (χ0n) is 18.1. The van der Waals surface area contributed by atoms with E-state index < -0.39 is 5.97 Å². The highest BCUT2D eigenvalue weighted by Crippen LogP contribution is 2.32. The molecule has 0 atom stereocenters. The van der Waals surface area contributed by atoms with Gasteiger partial charge in [-0.15, -0.1) is 0 Å². The molecule has 2 aromatic carbocycles. The fourth-order valence-corrected chi connectivity index (χ4v) is 4.40. The van der Waals surface area contributed by atoms with Crippen molar-refractivity contribution in [1.29, 1.82) is 0 Å². The predicted octanol–water partition coefficient (Wildman–Crippen LogP) is 6.07. The van der Waals surface area contributed by atoms with Gasteiger partial charge in [-0.1, -0.05) is 29.8 Å². The topological polar surface area (TPSA) is 91.3 Å². The first-order valence-corrected chi connectivity index (χ1v) is 11.3. The van der Waals surface area contributed by atoms with Gasteiger partial charge < -0.3 is 19.7 Å². The highest BCUT2D eigenvalue weighted by Gasteiger charge is 2.15. The number of imidazole rings is 1. The van der Waals surface area contributed by atoms with Gasteiger partial charge >= 0.3 is 12.0 Å². The van der Waals surface area contributed by atoms with Crippen LogP contribution in [-0.2, 0) is 0 Å². The molecule has 0 spiro atoms. The number of halogens is 1. The van der Waals surface area contributed by atoms with Crippen molar-refractivity contribution < 1.29 is 14.6 Å². The number of carboxylic acid groups (broad SMARTS) is 1. The van der Waals surface area contributed by atoms with Crippen molar-refractivity contribution in [1.82, 2.24) is 15.0 Å². The summed E-state index contributed by atoms with van der Waals surface area (Å²) in [5, 5.41) is 9.83. The number of hydrogen-bond acceptors (Lipinski definition) is 5. The lowest BCUT2D eigenvalue weighted by molar-refractivity contribution is 0.0695. The number of piperidine rings is 1. The van der Waals surface area contributed by atoms with Crippen LogP contribution in [0.5, 0.6) is 11.8 Å². The number of ether oxygens (including phenoxy) is 1. The van der Waals surface area contributed by atoms with Crippen LogP contribution < -0.4 is 9.64 Å². The van der Waals surface area contributed by atoms with E-state index >= 15 is 0 Å². The van der Waals surface area contributed by atoms with Gasteiger partial charge in [0, 0.05) is 24.3 Å². The molecule has 0 amide bonds. The minimum Gasteiger partial charge on any atom is -0.478 e. The second kappa shape index (κ2) is 8.75. The first kappa shape index (κ1) is 21.3. The molecule has 1 aliphatic heterocycles. The van der Waals surface area contributed by atoms with Gasteiger partial charge in [0.05, 0.1) is 21.8 Å². The number of H-pyrrole nitrogens is 1. The molecule has 0 bridgehead atoms. The number of rotatable bonds is 5. The highest BCUT2D eigenvalue weighted by atomic mass is 35.5. The van der Waals surface area contributed by atoms with E-state index in [2.05, 4.69) is 32.0 Å². The van der Waals surface area contributed by atoms with Crippen LogP contribution in [0.25, 0.3) is 22.4 Å². The number of nitrogens with one attached hydrogen (secondary N) is 1. The third-order valence-electron chi connectivity index (χ3n) is 5.92. The summed E-state index contributed by atoms with van der Waals surface area (Å²) < 4.78 is 5.76. The average molecular weight is 463 g/mol. The van der Waals surface area contributed by atoms with Crippen molar-refractivity contribution >= 4 is 34.4 Å². The van der Waals surface area contributed by atoms with Gasteiger partial charge in [-0.05, 0) is 62.1 Å². The fraction of sp³-hybridized carbons (Fsp3) is 0.240. The lowest BCUT2D eigenvalue weighted by Crippen LogP contribution is -2.29. The molecular weight excluding hydrogens is 440 g/mol. The number of nitrogens with zero attached hydrogens (tertiary/aromatic N) is 3. The minimum absolute atomic E-state index is 0.181. The van der Waals surface area contributed by atoms with Crippen LogP contribution in [0.3, 0.4) is 0 Å². The van der Waals surface area contributed by atoms with Crippen molar-refractivity contribution in [3.63, 3.8) is 0 Å². The molecule has 1 fully saturated rings. The number of hydrogen-bond donors (Lipinski definition) is 2. The van der Waals surface area contributed by atoms with Crippen LogP contribution in [0.2, 0.25) is 5.02 Å². The summed E-state index contributed by atoms with van der Waals surface area (Å²) in [7, 11) is 0. The van der Waals surface area contributed by atoms with Gasteiger partial charge in [-0.25, -0.2) is 9.78 Å². The van der Waals surface area contributed by atoms with Crippen LogP contribution in [0.4, 0.5) is 5.69 Å². The Morgan fingerprint density at radius 1 is 1.06 bits per heavy atom. The van der Waals surface area contributed by atoms with E-state index in [9.17, 15) is 9.90 Å². The van der Waals surface area contributed by atoms with Crippen LogP contribution in [0.15, 0.2) is 48.5 Å². The second-order valence-electron chi connectivity index (χ2n) is 8.21. The number of aromatic nitrogens is 3. The first-order chi connectivity index (χ1) is 16.0. The third kappa shape index (κ3) is 4.36. The number of fused-ring (bicyclic) bond motifs is 1. The minimum atomic E-state index is -1.01. The maximum absolute atomic E-state index is 11.4. The molecule has 0 radical (unpaired) electrons. The van der Waals surface area contributed by atoms with Crippen LogP contribution in [-0.4, -0.2) is 39.1 Å². The third-order valence-corrected chi connectivity index (χ3v) is 6.21. The number of pyridine rings is 1. The molecule has 5 rings (SSSR count). The van der Waals surface area contributed by atoms with Crippen LogP contribution in [0.1, 0.15) is 35.2 Å². The van der Waals surface area contributed by atoms with Gasteiger partial charge in [0.1, 0.15) is 5.75 Å². The lowest BCUT2D eigenvalue weighted by atomic mass is 10.1. The second-order valence-corrected chi connectivity index (χ2v) is 8.62. The maximum atomic E-state index is 11.4. The van der Waals surface area contributed by atoms with E-state index in [-0.39, 0.29) is 11.6 Å². The number of carboxylic acids is 1. The number of aromatic amines is 1. The van der Waals surface area contributed by atoms with Gasteiger partial charge in [0.2, 0.25) is 0 Å². The molecule has 8 heteroatoms. The Morgan fingerprint density at radius 2 is 1.82 bits per heavy atom. The van der Waals surface area contributed by atoms with Crippen molar-refractivity contribution in [2.75, 3.05) is 18.0 Å². The van der Waals surface area contributed by atoms with E-state index in [1.807, 2.05) is 12.1 Å². The molecular formula is C25H23ClN4O3. The summed E-state index contributed by atoms with van der Waals surface area (Å²) in [5.74, 6) is -0.636. The van der Waals surface area contributed by atoms with Crippen molar-refractivity contribution in [3.05, 3.63) is 64.7 Å². The number of anilines is 1. The summed E-state index contributed by atoms with van der Waals surface area (Å²) >= 11 is 6.54. The Bertz CT molecular complexity index is 1330. The van der Waals surface area contributed by atoms with E-state index in [1.165, 1.54) is 31.0 Å². The zero-order chi connectivity index (χ0) is 22.9. The Kier molecular flexibility index (Phi) is 5.64. The quantitative estimate of drug-likeness (QED) is 0.374. The van der Waals surface area contributed by atoms with E-state index in [1.54, 1.807) is 25.1 Å². The van der Waals surface area contributed by atoms with Crippen molar-refractivity contribution in [3.8, 4) is 23.0 Å². The molecule has 1 saturated heterocycles. The lowest BCUT2D eigenvalue weighted by Gasteiger charge is -2.28. The standard InChI is InChI=1S/C25H23ClN4O3/c1-15-5-10-18(13-19(15)24(31)32)33-25-27-21-14-20(26)22(28-23(21)29-25)16-6-8-17(9-7-16)30-11-3-2-4-12-30/h5-10,13-14H,2-4,11-12H2,1H3,(H,31,32)(H,27,28,29). The summed E-state index contributed by atoms with van der Waals surface area (Å²) in [6.45, 7) is 3.92. The Morgan fingerprint density at radius 3 is 2.55 bits per heavy atom. The predicted molar refractivity (Wildman–Crippen MR) is 129 cm³/mol. The summed E-state index contributed by atoms with van der Waals surface area (Å²) in [6, 6.07) is 15.1. The maximum Gasteiger partial charge on any atom is 0.336 e. The molecule has 2 N–H and O–H groups in total. The smallest absolute Gasteiger partial charge is 0.336 e. The van der Waals surface area contributed by atoms with Crippen LogP contribution in [0, 0.1) is 6.92 Å².